The van der Waals surface area contributed by atoms with Crippen molar-refractivity contribution in [3.63, 3.8) is 0 Å². The van der Waals surface area contributed by atoms with Crippen LogP contribution >= 0.6 is 0 Å². The maximum absolute atomic E-state index is 14.0. The van der Waals surface area contributed by atoms with Gasteiger partial charge in [-0.1, -0.05) is 29.5 Å². The fourth-order valence-corrected chi connectivity index (χ4v) is 2.18. The molecule has 5 nitrogen and oxygen atoms in total. The molecule has 3 aromatic rings. The average Bonchev–Trinajstić information content (AvgIpc) is 2.99. The lowest BCUT2D eigenvalue weighted by Crippen LogP contribution is -2.02. The number of methoxy groups -OCH3 is 1. The first-order chi connectivity index (χ1) is 10.7. The van der Waals surface area contributed by atoms with E-state index >= 15 is 0 Å². The summed E-state index contributed by atoms with van der Waals surface area (Å²) in [6, 6.07) is 15.3. The number of ether oxygens (including phenoxy) is 1. The second-order valence-corrected chi connectivity index (χ2v) is 4.49. The third-order valence-corrected chi connectivity index (χ3v) is 3.20. The summed E-state index contributed by atoms with van der Waals surface area (Å²) in [5.74, 6) is 0.184. The van der Waals surface area contributed by atoms with E-state index in [-0.39, 0.29) is 11.4 Å². The Labute approximate surface area is 126 Å². The van der Waals surface area contributed by atoms with Crippen molar-refractivity contribution in [2.24, 2.45) is 0 Å². The first kappa shape index (κ1) is 13.8. The molecule has 2 aromatic carbocycles. The summed E-state index contributed by atoms with van der Waals surface area (Å²) in [6.07, 6.45) is 0. The Bertz CT molecular complexity index is 867. The van der Waals surface area contributed by atoms with Crippen LogP contribution in [0, 0.1) is 17.1 Å². The van der Waals surface area contributed by atoms with Gasteiger partial charge in [-0.2, -0.15) is 5.26 Å². The van der Waals surface area contributed by atoms with Crippen molar-refractivity contribution < 1.29 is 9.13 Å². The second-order valence-electron chi connectivity index (χ2n) is 4.49. The quantitative estimate of drug-likeness (QED) is 0.745. The number of rotatable bonds is 3. The molecule has 108 valence electrons. The van der Waals surface area contributed by atoms with Crippen LogP contribution in [0.5, 0.6) is 5.75 Å². The number of aromatic nitrogens is 3. The number of halogens is 1. The van der Waals surface area contributed by atoms with Crippen LogP contribution in [-0.4, -0.2) is 22.1 Å². The summed E-state index contributed by atoms with van der Waals surface area (Å²) in [4.78, 5) is 0. The molecule has 6 heteroatoms. The Hall–Kier alpha value is -3.20. The first-order valence-corrected chi connectivity index (χ1v) is 6.49. The van der Waals surface area contributed by atoms with Gasteiger partial charge in [0.25, 0.3) is 0 Å². The van der Waals surface area contributed by atoms with Gasteiger partial charge in [-0.05, 0) is 24.3 Å². The van der Waals surface area contributed by atoms with E-state index < -0.39 is 5.82 Å². The minimum atomic E-state index is -0.443. The number of para-hydroxylation sites is 1. The molecule has 0 fully saturated rings. The van der Waals surface area contributed by atoms with Crippen LogP contribution in [0.3, 0.4) is 0 Å². The minimum absolute atomic E-state index is 0.122. The molecule has 0 atom stereocenters. The highest BCUT2D eigenvalue weighted by atomic mass is 19.1. The lowest BCUT2D eigenvalue weighted by atomic mass is 10.1. The van der Waals surface area contributed by atoms with Gasteiger partial charge in [0.1, 0.15) is 29.0 Å². The molecule has 1 heterocycles. The van der Waals surface area contributed by atoms with Gasteiger partial charge in [-0.15, -0.1) is 5.10 Å². The minimum Gasteiger partial charge on any atom is -0.497 e. The maximum atomic E-state index is 14.0. The highest BCUT2D eigenvalue weighted by Gasteiger charge is 2.18. The Morgan fingerprint density at radius 2 is 2.00 bits per heavy atom. The predicted molar refractivity (Wildman–Crippen MR) is 78.0 cm³/mol. The van der Waals surface area contributed by atoms with E-state index in [9.17, 15) is 9.65 Å². The van der Waals surface area contributed by atoms with Crippen LogP contribution in [0.1, 0.15) is 5.69 Å². The van der Waals surface area contributed by atoms with Crippen LogP contribution in [0.4, 0.5) is 4.39 Å². The zero-order chi connectivity index (χ0) is 15.5. The smallest absolute Gasteiger partial charge is 0.191 e. The van der Waals surface area contributed by atoms with Crippen molar-refractivity contribution >= 4 is 0 Å². The van der Waals surface area contributed by atoms with Crippen LogP contribution in [0.2, 0.25) is 0 Å². The molecule has 0 aliphatic rings. The number of hydrogen-bond donors (Lipinski definition) is 0. The zero-order valence-corrected chi connectivity index (χ0v) is 11.7. The summed E-state index contributed by atoms with van der Waals surface area (Å²) in [5, 5.41) is 17.0. The second kappa shape index (κ2) is 5.66. The predicted octanol–water partition coefficient (Wildman–Crippen LogP) is 2.95. The van der Waals surface area contributed by atoms with Crippen molar-refractivity contribution in [1.82, 2.24) is 15.0 Å². The largest absolute Gasteiger partial charge is 0.497 e. The molecule has 0 saturated carbocycles. The standard InChI is InChI=1S/C16H11FN4O/c1-22-12-6-4-5-11(9-12)16-14(10-18)19-20-21(16)15-8-3-2-7-13(15)17/h2-9H,1H3. The van der Waals surface area contributed by atoms with Crippen molar-refractivity contribution in [3.05, 3.63) is 60.0 Å². The summed E-state index contributed by atoms with van der Waals surface area (Å²) < 4.78 is 20.5. The van der Waals surface area contributed by atoms with Crippen molar-refractivity contribution in [2.45, 2.75) is 0 Å². The zero-order valence-electron chi connectivity index (χ0n) is 11.7. The Balaban J connectivity index is 2.25. The van der Waals surface area contributed by atoms with Crippen LogP contribution < -0.4 is 4.74 Å². The average molecular weight is 294 g/mol. The van der Waals surface area contributed by atoms with E-state index in [1.165, 1.54) is 10.7 Å². The van der Waals surface area contributed by atoms with Gasteiger partial charge < -0.3 is 4.74 Å². The van der Waals surface area contributed by atoms with E-state index in [1.807, 2.05) is 6.07 Å². The Morgan fingerprint density at radius 3 is 2.73 bits per heavy atom. The number of nitriles is 1. The molecule has 0 N–H and O–H groups in total. The highest BCUT2D eigenvalue weighted by molar-refractivity contribution is 5.68. The maximum Gasteiger partial charge on any atom is 0.191 e. The van der Waals surface area contributed by atoms with Gasteiger partial charge in [0.05, 0.1) is 7.11 Å². The number of nitrogens with zero attached hydrogens (tertiary/aromatic N) is 4. The molecular formula is C16H11FN4O. The lowest BCUT2D eigenvalue weighted by molar-refractivity contribution is 0.415. The fourth-order valence-electron chi connectivity index (χ4n) is 2.18. The third kappa shape index (κ3) is 2.29. The van der Waals surface area contributed by atoms with Crippen molar-refractivity contribution in [2.75, 3.05) is 7.11 Å². The van der Waals surface area contributed by atoms with E-state index in [4.69, 9.17) is 4.74 Å². The molecule has 22 heavy (non-hydrogen) atoms. The van der Waals surface area contributed by atoms with E-state index in [0.717, 1.165) is 0 Å². The Kier molecular flexibility index (Phi) is 3.54. The van der Waals surface area contributed by atoms with E-state index in [2.05, 4.69) is 10.3 Å². The molecule has 0 radical (unpaired) electrons. The molecule has 0 aliphatic carbocycles. The van der Waals surface area contributed by atoms with Gasteiger partial charge in [0.2, 0.25) is 0 Å². The van der Waals surface area contributed by atoms with Gasteiger partial charge in [0, 0.05) is 5.56 Å². The summed E-state index contributed by atoms with van der Waals surface area (Å²) in [6.45, 7) is 0. The Morgan fingerprint density at radius 1 is 1.18 bits per heavy atom. The molecular weight excluding hydrogens is 283 g/mol. The summed E-state index contributed by atoms with van der Waals surface area (Å²) >= 11 is 0. The molecule has 0 saturated heterocycles. The molecule has 0 amide bonds. The lowest BCUT2D eigenvalue weighted by Gasteiger charge is -2.08. The van der Waals surface area contributed by atoms with Gasteiger partial charge in [-0.3, -0.25) is 0 Å². The third-order valence-electron chi connectivity index (χ3n) is 3.20. The van der Waals surface area contributed by atoms with E-state index in [0.29, 0.717) is 17.0 Å². The van der Waals surface area contributed by atoms with Gasteiger partial charge in [0.15, 0.2) is 5.69 Å². The summed E-state index contributed by atoms with van der Waals surface area (Å²) in [5.41, 5.74) is 1.45. The number of hydrogen-bond acceptors (Lipinski definition) is 4. The van der Waals surface area contributed by atoms with Crippen LogP contribution in [0.15, 0.2) is 48.5 Å². The molecule has 3 rings (SSSR count). The fraction of sp³-hybridized carbons (Fsp3) is 0.0625. The van der Waals surface area contributed by atoms with E-state index in [1.54, 1.807) is 49.6 Å². The monoisotopic (exact) mass is 294 g/mol. The van der Waals surface area contributed by atoms with Gasteiger partial charge in [-0.25, -0.2) is 9.07 Å². The number of benzene rings is 2. The van der Waals surface area contributed by atoms with Gasteiger partial charge >= 0.3 is 0 Å². The van der Waals surface area contributed by atoms with Crippen LogP contribution in [0.25, 0.3) is 16.9 Å². The molecule has 0 bridgehead atoms. The van der Waals surface area contributed by atoms with Crippen molar-refractivity contribution in [1.29, 1.82) is 5.26 Å². The molecule has 0 aliphatic heterocycles. The normalized spacial score (nSPS) is 10.2. The van der Waals surface area contributed by atoms with Crippen LogP contribution in [-0.2, 0) is 0 Å². The first-order valence-electron chi connectivity index (χ1n) is 6.49. The molecule has 1 aromatic heterocycles. The highest BCUT2D eigenvalue weighted by Crippen LogP contribution is 2.28. The molecule has 0 unspecified atom stereocenters. The SMILES string of the molecule is COc1cccc(-c2c(C#N)nnn2-c2ccccc2F)c1. The molecule has 0 spiro atoms. The van der Waals surface area contributed by atoms with Crippen molar-refractivity contribution in [3.8, 4) is 28.8 Å². The summed E-state index contributed by atoms with van der Waals surface area (Å²) in [7, 11) is 1.55. The topological polar surface area (TPSA) is 63.7 Å².